The molecule has 0 radical (unpaired) electrons. The van der Waals surface area contributed by atoms with Crippen LogP contribution < -0.4 is 0 Å². The van der Waals surface area contributed by atoms with E-state index < -0.39 is 24.0 Å². The normalized spacial score (nSPS) is 22.7. The van der Waals surface area contributed by atoms with Gasteiger partial charge in [-0.15, -0.1) is 0 Å². The quantitative estimate of drug-likeness (QED) is 0.0436. The van der Waals surface area contributed by atoms with Crippen molar-refractivity contribution in [2.75, 3.05) is 19.4 Å². The highest BCUT2D eigenvalue weighted by atomic mass is 31.2. The van der Waals surface area contributed by atoms with E-state index in [1.807, 2.05) is 6.92 Å². The number of benzene rings is 1. The van der Waals surface area contributed by atoms with Gasteiger partial charge in [0.1, 0.15) is 6.10 Å². The monoisotopic (exact) mass is 736 g/mol. The molecule has 0 aromatic heterocycles. The summed E-state index contributed by atoms with van der Waals surface area (Å²) in [4.78, 5) is 12.4. The number of rotatable bonds is 20. The van der Waals surface area contributed by atoms with Crippen LogP contribution in [0.4, 0.5) is 0 Å². The molecule has 0 aliphatic heterocycles. The average molecular weight is 737 g/mol. The third-order valence-electron chi connectivity index (χ3n) is 11.4. The zero-order valence-electron chi connectivity index (χ0n) is 33.6. The van der Waals surface area contributed by atoms with Gasteiger partial charge in [0.15, 0.2) is 24.0 Å². The van der Waals surface area contributed by atoms with Crippen molar-refractivity contribution < 1.29 is 27.5 Å². The molecule has 1 aliphatic carbocycles. The second-order valence-corrected chi connectivity index (χ2v) is 29.8. The standard InChI is InChI=1S/C40H73O6PSi2/c1-14-43-47(9,42)30-21-16-15-20-27-35-36(38(31-37(35)44-32(2)41)46-49(12,13)40(6,7)8)29-28-34(45-48(10,11)39(3,4)5)26-22-25-33-23-18-17-19-24-33/h15,17-20,23-24,34-38H,14,16,21-22,25-31H2,1-13H3/b20-15-/t34-,35+,36+,37-,38+,47?/m0/s1. The molecule has 6 nitrogen and oxygen atoms in total. The van der Waals surface area contributed by atoms with Gasteiger partial charge >= 0.3 is 5.97 Å². The molecule has 1 aliphatic rings. The van der Waals surface area contributed by atoms with Crippen LogP contribution >= 0.6 is 7.37 Å². The molecule has 282 valence electrons. The Kier molecular flexibility index (Phi) is 17.3. The first-order valence-electron chi connectivity index (χ1n) is 19.0. The van der Waals surface area contributed by atoms with Gasteiger partial charge < -0.3 is 18.1 Å². The Morgan fingerprint density at radius 3 is 2.12 bits per heavy atom. The van der Waals surface area contributed by atoms with Crippen molar-refractivity contribution in [3.63, 3.8) is 0 Å². The number of carbonyl (C=O) groups is 1. The first-order valence-corrected chi connectivity index (χ1v) is 27.1. The zero-order chi connectivity index (χ0) is 37.1. The molecular formula is C40H73O6PSi2. The Hall–Kier alpha value is -1.03. The summed E-state index contributed by atoms with van der Waals surface area (Å²) in [5.41, 5.74) is 1.38. The summed E-state index contributed by atoms with van der Waals surface area (Å²) in [7, 11) is -6.60. The van der Waals surface area contributed by atoms with Crippen molar-refractivity contribution in [1.82, 2.24) is 0 Å². The molecule has 0 spiro atoms. The third kappa shape index (κ3) is 14.9. The van der Waals surface area contributed by atoms with E-state index in [1.165, 1.54) is 12.5 Å². The van der Waals surface area contributed by atoms with Crippen molar-refractivity contribution >= 4 is 30.0 Å². The van der Waals surface area contributed by atoms with E-state index in [0.717, 1.165) is 57.8 Å². The lowest BCUT2D eigenvalue weighted by atomic mass is 9.85. The van der Waals surface area contributed by atoms with Crippen molar-refractivity contribution in [3.05, 3.63) is 48.0 Å². The molecule has 1 fully saturated rings. The molecule has 0 heterocycles. The number of aryl methyl sites for hydroxylation is 1. The van der Waals surface area contributed by atoms with Crippen LogP contribution in [0.1, 0.15) is 112 Å². The topological polar surface area (TPSA) is 71.1 Å². The van der Waals surface area contributed by atoms with E-state index >= 15 is 0 Å². The van der Waals surface area contributed by atoms with Crippen LogP contribution in [-0.2, 0) is 33.9 Å². The number of esters is 1. The Labute approximate surface area is 303 Å². The lowest BCUT2D eigenvalue weighted by Crippen LogP contribution is -2.45. The molecular weight excluding hydrogens is 664 g/mol. The summed E-state index contributed by atoms with van der Waals surface area (Å²) in [6.45, 7) is 28.9. The fourth-order valence-corrected chi connectivity index (χ4v) is 10.7. The van der Waals surface area contributed by atoms with Crippen LogP contribution in [0, 0.1) is 11.8 Å². The fraction of sp³-hybridized carbons (Fsp3) is 0.775. The van der Waals surface area contributed by atoms with Gasteiger partial charge in [0.2, 0.25) is 0 Å². The number of hydrogen-bond acceptors (Lipinski definition) is 6. The minimum absolute atomic E-state index is 0.0404. The summed E-state index contributed by atoms with van der Waals surface area (Å²) in [6.07, 6.45) is 13.5. The maximum atomic E-state index is 12.6. The average Bonchev–Trinajstić information content (AvgIpc) is 3.26. The highest BCUT2D eigenvalue weighted by Gasteiger charge is 2.49. The molecule has 6 atom stereocenters. The fourth-order valence-electron chi connectivity index (χ4n) is 6.51. The van der Waals surface area contributed by atoms with E-state index in [1.54, 1.807) is 6.66 Å². The molecule has 1 unspecified atom stereocenters. The van der Waals surface area contributed by atoms with E-state index in [2.05, 4.69) is 110 Å². The van der Waals surface area contributed by atoms with Crippen LogP contribution in [0.25, 0.3) is 0 Å². The van der Waals surface area contributed by atoms with Crippen LogP contribution in [-0.4, -0.2) is 60.3 Å². The van der Waals surface area contributed by atoms with E-state index in [0.29, 0.717) is 12.8 Å². The molecule has 1 saturated carbocycles. The second kappa shape index (κ2) is 19.2. The summed E-state index contributed by atoms with van der Waals surface area (Å²) in [6, 6.07) is 10.8. The number of hydrogen-bond donors (Lipinski definition) is 0. The van der Waals surface area contributed by atoms with Crippen molar-refractivity contribution in [3.8, 4) is 0 Å². The van der Waals surface area contributed by atoms with Crippen molar-refractivity contribution in [2.24, 2.45) is 11.8 Å². The summed E-state index contributed by atoms with van der Waals surface area (Å²) in [5.74, 6) is 0.213. The zero-order valence-corrected chi connectivity index (χ0v) is 36.5. The van der Waals surface area contributed by atoms with E-state index in [-0.39, 0.29) is 46.2 Å². The van der Waals surface area contributed by atoms with Gasteiger partial charge in [-0.3, -0.25) is 9.36 Å². The minimum atomic E-state index is -2.52. The van der Waals surface area contributed by atoms with Crippen LogP contribution in [0.3, 0.4) is 0 Å². The predicted molar refractivity (Wildman–Crippen MR) is 213 cm³/mol. The molecule has 0 N–H and O–H groups in total. The predicted octanol–water partition coefficient (Wildman–Crippen LogP) is 11.8. The highest BCUT2D eigenvalue weighted by molar-refractivity contribution is 7.58. The first-order chi connectivity index (χ1) is 22.6. The Morgan fingerprint density at radius 2 is 1.55 bits per heavy atom. The summed E-state index contributed by atoms with van der Waals surface area (Å²) >= 11 is 0. The van der Waals surface area contributed by atoms with Gasteiger partial charge in [0, 0.05) is 38.2 Å². The molecule has 2 rings (SSSR count). The smallest absolute Gasteiger partial charge is 0.302 e. The molecule has 9 heteroatoms. The first kappa shape index (κ1) is 44.1. The van der Waals surface area contributed by atoms with E-state index in [4.69, 9.17) is 18.1 Å². The van der Waals surface area contributed by atoms with Gasteiger partial charge in [-0.2, -0.15) is 0 Å². The Morgan fingerprint density at radius 1 is 0.918 bits per heavy atom. The molecule has 0 saturated heterocycles. The van der Waals surface area contributed by atoms with Crippen molar-refractivity contribution in [2.45, 2.75) is 168 Å². The maximum Gasteiger partial charge on any atom is 0.302 e. The van der Waals surface area contributed by atoms with E-state index in [9.17, 15) is 9.36 Å². The van der Waals surface area contributed by atoms with Gasteiger partial charge in [-0.1, -0.05) is 84.0 Å². The van der Waals surface area contributed by atoms with Gasteiger partial charge in [0.05, 0.1) is 12.7 Å². The van der Waals surface area contributed by atoms with Gasteiger partial charge in [0.25, 0.3) is 0 Å². The Balaban J connectivity index is 2.33. The van der Waals surface area contributed by atoms with Gasteiger partial charge in [-0.25, -0.2) is 0 Å². The van der Waals surface area contributed by atoms with Crippen LogP contribution in [0.2, 0.25) is 36.3 Å². The van der Waals surface area contributed by atoms with Crippen LogP contribution in [0.5, 0.6) is 0 Å². The second-order valence-electron chi connectivity index (χ2n) is 17.6. The van der Waals surface area contributed by atoms with Crippen molar-refractivity contribution in [1.29, 1.82) is 0 Å². The largest absolute Gasteiger partial charge is 0.462 e. The molecule has 49 heavy (non-hydrogen) atoms. The molecule has 1 aromatic carbocycles. The van der Waals surface area contributed by atoms with Gasteiger partial charge in [-0.05, 0) is 106 Å². The number of allylic oxidation sites excluding steroid dienone is 2. The number of unbranched alkanes of at least 4 members (excludes halogenated alkanes) is 1. The lowest BCUT2D eigenvalue weighted by molar-refractivity contribution is -0.148. The molecule has 0 bridgehead atoms. The molecule has 0 amide bonds. The SMILES string of the molecule is CCOP(C)(=O)CCC/C=C\C[C@@H]1[C@@H](CC[C@H](CCCc2ccccc2)O[Si](C)(C)C(C)(C)C)[C@H](O[Si](C)(C)C(C)(C)C)C[C@@H]1OC(C)=O. The summed E-state index contributed by atoms with van der Waals surface area (Å²) < 4.78 is 38.4. The van der Waals surface area contributed by atoms with Crippen LogP contribution in [0.15, 0.2) is 42.5 Å². The number of ether oxygens (including phenoxy) is 1. The third-order valence-corrected chi connectivity index (χ3v) is 22.3. The minimum Gasteiger partial charge on any atom is -0.462 e. The Bertz CT molecular complexity index is 1200. The molecule has 1 aromatic rings. The summed E-state index contributed by atoms with van der Waals surface area (Å²) in [5, 5.41) is 0.214. The maximum absolute atomic E-state index is 12.6. The number of carbonyl (C=O) groups excluding carboxylic acids is 1. The lowest BCUT2D eigenvalue weighted by Gasteiger charge is -2.41. The highest BCUT2D eigenvalue weighted by Crippen LogP contribution is 2.47.